The topological polar surface area (TPSA) is 95.9 Å². The molecule has 0 aliphatic rings. The third-order valence-corrected chi connectivity index (χ3v) is 5.24. The molecule has 0 aliphatic carbocycles. The van der Waals surface area contributed by atoms with E-state index in [1.165, 1.54) is 4.90 Å². The van der Waals surface area contributed by atoms with Crippen molar-refractivity contribution in [2.45, 2.75) is 34.6 Å². The van der Waals surface area contributed by atoms with E-state index in [2.05, 4.69) is 20.6 Å². The van der Waals surface area contributed by atoms with E-state index in [0.717, 1.165) is 39.3 Å². The van der Waals surface area contributed by atoms with Gasteiger partial charge in [0.15, 0.2) is 0 Å². The summed E-state index contributed by atoms with van der Waals surface area (Å²) in [6.07, 6.45) is 0. The predicted octanol–water partition coefficient (Wildman–Crippen LogP) is 3.06. The maximum atomic E-state index is 12.8. The first-order valence-electron chi connectivity index (χ1n) is 9.77. The van der Waals surface area contributed by atoms with Crippen LogP contribution in [0.1, 0.15) is 38.6 Å². The maximum absolute atomic E-state index is 12.8. The number of aryl methyl sites for hydroxylation is 5. The van der Waals surface area contributed by atoms with Crippen LogP contribution in [-0.2, 0) is 11.8 Å². The number of aromatic amines is 1. The van der Waals surface area contributed by atoms with Gasteiger partial charge in [-0.1, -0.05) is 17.7 Å². The first-order valence-corrected chi connectivity index (χ1v) is 9.77. The molecule has 0 saturated carbocycles. The van der Waals surface area contributed by atoms with Crippen molar-refractivity contribution in [2.75, 3.05) is 18.9 Å². The van der Waals surface area contributed by atoms with Crippen LogP contribution in [0.4, 0.5) is 5.69 Å². The molecule has 0 radical (unpaired) electrons. The summed E-state index contributed by atoms with van der Waals surface area (Å²) in [6.45, 7) is 9.73. The normalized spacial score (nSPS) is 10.9. The molecular weight excluding hydrogens is 380 g/mol. The van der Waals surface area contributed by atoms with Crippen LogP contribution >= 0.6 is 0 Å². The van der Waals surface area contributed by atoms with Crippen molar-refractivity contribution in [3.05, 3.63) is 52.0 Å². The van der Waals surface area contributed by atoms with Crippen LogP contribution in [0, 0.1) is 34.6 Å². The van der Waals surface area contributed by atoms with E-state index in [1.807, 2.05) is 53.8 Å². The van der Waals surface area contributed by atoms with Gasteiger partial charge in [-0.2, -0.15) is 10.2 Å². The Morgan fingerprint density at radius 2 is 1.73 bits per heavy atom. The van der Waals surface area contributed by atoms with Gasteiger partial charge < -0.3 is 10.2 Å². The van der Waals surface area contributed by atoms with Crippen molar-refractivity contribution < 1.29 is 9.59 Å². The Balaban J connectivity index is 1.71. The maximum Gasteiger partial charge on any atom is 0.272 e. The van der Waals surface area contributed by atoms with Crippen LogP contribution in [0.3, 0.4) is 0 Å². The van der Waals surface area contributed by atoms with Gasteiger partial charge in [0.1, 0.15) is 5.69 Å². The molecular formula is C22H28N6O2. The summed E-state index contributed by atoms with van der Waals surface area (Å²) >= 11 is 0. The van der Waals surface area contributed by atoms with Crippen LogP contribution in [-0.4, -0.2) is 50.3 Å². The van der Waals surface area contributed by atoms with Crippen LogP contribution in [0.2, 0.25) is 0 Å². The lowest BCUT2D eigenvalue weighted by molar-refractivity contribution is -0.116. The zero-order valence-electron chi connectivity index (χ0n) is 18.5. The average Bonchev–Trinajstić information content (AvgIpc) is 3.22. The number of hydrogen-bond donors (Lipinski definition) is 2. The molecule has 0 spiro atoms. The molecule has 3 aromatic rings. The van der Waals surface area contributed by atoms with E-state index < -0.39 is 0 Å². The minimum atomic E-state index is -0.305. The Bertz CT molecular complexity index is 1100. The molecule has 8 heteroatoms. The number of carbonyl (C=O) groups excluding carboxylic acids is 2. The van der Waals surface area contributed by atoms with Crippen LogP contribution < -0.4 is 5.32 Å². The summed E-state index contributed by atoms with van der Waals surface area (Å²) in [7, 11) is 3.46. The first-order chi connectivity index (χ1) is 14.1. The molecule has 0 aliphatic heterocycles. The second kappa shape index (κ2) is 8.14. The number of aromatic nitrogens is 4. The Hall–Kier alpha value is -3.42. The standard InChI is InChI=1S/C22H28N6O2/c1-12-8-13(2)21(14(3)9-12)23-19(29)11-27(6)22(30)18-10-17(24-25-18)20-15(4)26-28(7)16(20)5/h8-10H,11H2,1-7H3,(H,23,29)(H,24,25). The Labute approximate surface area is 176 Å². The summed E-state index contributed by atoms with van der Waals surface area (Å²) in [5.41, 5.74) is 7.62. The third kappa shape index (κ3) is 4.12. The van der Waals surface area contributed by atoms with Gasteiger partial charge in [-0.3, -0.25) is 19.4 Å². The van der Waals surface area contributed by atoms with E-state index in [9.17, 15) is 9.59 Å². The number of nitrogens with zero attached hydrogens (tertiary/aromatic N) is 4. The van der Waals surface area contributed by atoms with Crippen molar-refractivity contribution >= 4 is 17.5 Å². The van der Waals surface area contributed by atoms with Gasteiger partial charge in [0.25, 0.3) is 5.91 Å². The fraction of sp³-hybridized carbons (Fsp3) is 0.364. The van der Waals surface area contributed by atoms with Crippen LogP contribution in [0.25, 0.3) is 11.3 Å². The second-order valence-electron chi connectivity index (χ2n) is 7.82. The Morgan fingerprint density at radius 3 is 2.30 bits per heavy atom. The SMILES string of the molecule is Cc1cc(C)c(NC(=O)CN(C)C(=O)c2cc(-c3c(C)nn(C)c3C)n[nH]2)c(C)c1. The minimum Gasteiger partial charge on any atom is -0.331 e. The van der Waals surface area contributed by atoms with E-state index in [4.69, 9.17) is 0 Å². The van der Waals surface area contributed by atoms with Crippen molar-refractivity contribution in [2.24, 2.45) is 7.05 Å². The number of nitrogens with one attached hydrogen (secondary N) is 2. The molecule has 0 bridgehead atoms. The fourth-order valence-corrected chi connectivity index (χ4v) is 3.75. The third-order valence-electron chi connectivity index (χ3n) is 5.24. The highest BCUT2D eigenvalue weighted by Crippen LogP contribution is 2.25. The molecule has 0 fully saturated rings. The fourth-order valence-electron chi connectivity index (χ4n) is 3.75. The number of anilines is 1. The van der Waals surface area contributed by atoms with Crippen molar-refractivity contribution in [1.82, 2.24) is 24.9 Å². The highest BCUT2D eigenvalue weighted by atomic mass is 16.2. The van der Waals surface area contributed by atoms with Crippen LogP contribution in [0.15, 0.2) is 18.2 Å². The van der Waals surface area contributed by atoms with Gasteiger partial charge in [0.05, 0.1) is 17.9 Å². The summed E-state index contributed by atoms with van der Waals surface area (Å²) in [4.78, 5) is 26.7. The van der Waals surface area contributed by atoms with Crippen molar-refractivity contribution in [1.29, 1.82) is 0 Å². The number of amides is 2. The molecule has 2 heterocycles. The Kier molecular flexibility index (Phi) is 5.78. The number of likely N-dealkylation sites (N-methyl/N-ethyl adjacent to an activating group) is 1. The molecule has 158 valence electrons. The quantitative estimate of drug-likeness (QED) is 0.678. The van der Waals surface area contributed by atoms with Gasteiger partial charge >= 0.3 is 0 Å². The molecule has 2 N–H and O–H groups in total. The van der Waals surface area contributed by atoms with E-state index in [0.29, 0.717) is 11.4 Å². The Morgan fingerprint density at radius 1 is 1.10 bits per heavy atom. The molecule has 2 aromatic heterocycles. The molecule has 2 amide bonds. The van der Waals surface area contributed by atoms with E-state index in [-0.39, 0.29) is 18.4 Å². The summed E-state index contributed by atoms with van der Waals surface area (Å²) in [6, 6.07) is 5.74. The lowest BCUT2D eigenvalue weighted by Gasteiger charge is -2.17. The smallest absolute Gasteiger partial charge is 0.272 e. The summed E-state index contributed by atoms with van der Waals surface area (Å²) < 4.78 is 1.78. The molecule has 30 heavy (non-hydrogen) atoms. The minimum absolute atomic E-state index is 0.0646. The molecule has 3 rings (SSSR count). The second-order valence-corrected chi connectivity index (χ2v) is 7.82. The van der Waals surface area contributed by atoms with Crippen LogP contribution in [0.5, 0.6) is 0 Å². The van der Waals surface area contributed by atoms with E-state index >= 15 is 0 Å². The summed E-state index contributed by atoms with van der Waals surface area (Å²) in [5, 5.41) is 14.4. The van der Waals surface area contributed by atoms with Crippen molar-refractivity contribution in [3.8, 4) is 11.3 Å². The van der Waals surface area contributed by atoms with Gasteiger partial charge in [0.2, 0.25) is 5.91 Å². The lowest BCUT2D eigenvalue weighted by Crippen LogP contribution is -2.35. The van der Waals surface area contributed by atoms with Gasteiger partial charge in [-0.05, 0) is 51.8 Å². The number of benzene rings is 1. The van der Waals surface area contributed by atoms with E-state index in [1.54, 1.807) is 17.8 Å². The molecule has 0 saturated heterocycles. The molecule has 8 nitrogen and oxygen atoms in total. The highest BCUT2D eigenvalue weighted by Gasteiger charge is 2.21. The number of H-pyrrole nitrogens is 1. The monoisotopic (exact) mass is 408 g/mol. The summed E-state index contributed by atoms with van der Waals surface area (Å²) in [5.74, 6) is -0.556. The number of rotatable bonds is 5. The average molecular weight is 409 g/mol. The first kappa shape index (κ1) is 21.3. The van der Waals surface area contributed by atoms with Crippen molar-refractivity contribution in [3.63, 3.8) is 0 Å². The highest BCUT2D eigenvalue weighted by molar-refractivity contribution is 5.99. The largest absolute Gasteiger partial charge is 0.331 e. The zero-order valence-corrected chi connectivity index (χ0v) is 18.5. The molecule has 0 unspecified atom stereocenters. The predicted molar refractivity (Wildman–Crippen MR) is 117 cm³/mol. The number of carbonyl (C=O) groups is 2. The van der Waals surface area contributed by atoms with Gasteiger partial charge in [-0.25, -0.2) is 0 Å². The lowest BCUT2D eigenvalue weighted by atomic mass is 10.1. The van der Waals surface area contributed by atoms with Gasteiger partial charge in [-0.15, -0.1) is 0 Å². The number of hydrogen-bond acceptors (Lipinski definition) is 4. The van der Waals surface area contributed by atoms with Gasteiger partial charge in [0, 0.05) is 31.0 Å². The molecule has 1 aromatic carbocycles. The molecule has 0 atom stereocenters. The zero-order chi connectivity index (χ0) is 22.2.